The van der Waals surface area contributed by atoms with E-state index in [1.165, 1.54) is 24.3 Å². The molecule has 9 heteroatoms. The maximum atomic E-state index is 12.0. The highest BCUT2D eigenvalue weighted by atomic mass is 16.6. The molecule has 1 amide bonds. The van der Waals surface area contributed by atoms with E-state index < -0.39 is 4.92 Å². The summed E-state index contributed by atoms with van der Waals surface area (Å²) in [6.45, 7) is 0.793. The first-order chi connectivity index (χ1) is 11.5. The van der Waals surface area contributed by atoms with E-state index in [1.807, 2.05) is 25.1 Å². The highest BCUT2D eigenvalue weighted by Crippen LogP contribution is 2.13. The second kappa shape index (κ2) is 7.86. The van der Waals surface area contributed by atoms with Crippen LogP contribution in [-0.2, 0) is 0 Å². The third kappa shape index (κ3) is 4.63. The molecule has 2 rings (SSSR count). The molecule has 0 unspecified atom stereocenters. The van der Waals surface area contributed by atoms with Gasteiger partial charge in [-0.05, 0) is 6.07 Å². The smallest absolute Gasteiger partial charge is 0.270 e. The molecule has 1 aromatic carbocycles. The molecule has 126 valence electrons. The van der Waals surface area contributed by atoms with Gasteiger partial charge in [0.1, 0.15) is 0 Å². The SMILES string of the molecule is CN(C)c1cnnc(NCCNC(=O)c2cccc([N+](=O)[O-])c2)c1. The van der Waals surface area contributed by atoms with E-state index in [1.54, 1.807) is 6.20 Å². The van der Waals surface area contributed by atoms with Gasteiger partial charge in [0.25, 0.3) is 11.6 Å². The summed E-state index contributed by atoms with van der Waals surface area (Å²) in [5.41, 5.74) is 1.04. The van der Waals surface area contributed by atoms with E-state index in [9.17, 15) is 14.9 Å². The lowest BCUT2D eigenvalue weighted by molar-refractivity contribution is -0.384. The van der Waals surface area contributed by atoms with Gasteiger partial charge in [0.15, 0.2) is 5.82 Å². The minimum Gasteiger partial charge on any atom is -0.376 e. The molecule has 0 fully saturated rings. The summed E-state index contributed by atoms with van der Waals surface area (Å²) < 4.78 is 0. The minimum absolute atomic E-state index is 0.114. The number of nitro groups is 1. The molecular formula is C15H18N6O3. The molecule has 1 heterocycles. The number of hydrogen-bond donors (Lipinski definition) is 2. The largest absolute Gasteiger partial charge is 0.376 e. The van der Waals surface area contributed by atoms with E-state index in [0.717, 1.165) is 5.69 Å². The second-order valence-corrected chi connectivity index (χ2v) is 5.18. The summed E-state index contributed by atoms with van der Waals surface area (Å²) in [5, 5.41) is 24.3. The van der Waals surface area contributed by atoms with Crippen molar-refractivity contribution < 1.29 is 9.72 Å². The van der Waals surface area contributed by atoms with Crippen molar-refractivity contribution >= 4 is 23.1 Å². The van der Waals surface area contributed by atoms with Gasteiger partial charge in [0.2, 0.25) is 0 Å². The average molecular weight is 330 g/mol. The Morgan fingerprint density at radius 3 is 2.79 bits per heavy atom. The number of hydrogen-bond acceptors (Lipinski definition) is 7. The zero-order valence-corrected chi connectivity index (χ0v) is 13.4. The van der Waals surface area contributed by atoms with Crippen LogP contribution in [0.3, 0.4) is 0 Å². The van der Waals surface area contributed by atoms with Crippen molar-refractivity contribution in [2.75, 3.05) is 37.4 Å². The highest BCUT2D eigenvalue weighted by Gasteiger charge is 2.10. The second-order valence-electron chi connectivity index (χ2n) is 5.18. The number of nitrogens with one attached hydrogen (secondary N) is 2. The maximum Gasteiger partial charge on any atom is 0.270 e. The van der Waals surface area contributed by atoms with Crippen LogP contribution in [-0.4, -0.2) is 48.2 Å². The summed E-state index contributed by atoms with van der Waals surface area (Å²) in [7, 11) is 3.81. The summed E-state index contributed by atoms with van der Waals surface area (Å²) >= 11 is 0. The van der Waals surface area contributed by atoms with Crippen molar-refractivity contribution in [3.05, 3.63) is 52.2 Å². The molecule has 0 aliphatic carbocycles. The Hall–Kier alpha value is -3.23. The van der Waals surface area contributed by atoms with Crippen LogP contribution < -0.4 is 15.5 Å². The van der Waals surface area contributed by atoms with Crippen molar-refractivity contribution in [2.45, 2.75) is 0 Å². The molecule has 0 aliphatic heterocycles. The van der Waals surface area contributed by atoms with Crippen LogP contribution in [0.4, 0.5) is 17.2 Å². The van der Waals surface area contributed by atoms with Crippen LogP contribution in [0.5, 0.6) is 0 Å². The zero-order valence-electron chi connectivity index (χ0n) is 13.4. The number of rotatable bonds is 7. The Morgan fingerprint density at radius 1 is 1.29 bits per heavy atom. The van der Waals surface area contributed by atoms with Crippen molar-refractivity contribution in [1.82, 2.24) is 15.5 Å². The fourth-order valence-electron chi connectivity index (χ4n) is 1.92. The van der Waals surface area contributed by atoms with Crippen LogP contribution in [0.2, 0.25) is 0 Å². The number of nitrogens with zero attached hydrogens (tertiary/aromatic N) is 4. The van der Waals surface area contributed by atoms with Crippen molar-refractivity contribution in [3.8, 4) is 0 Å². The molecule has 0 saturated heterocycles. The summed E-state index contributed by atoms with van der Waals surface area (Å²) in [4.78, 5) is 24.1. The number of benzene rings is 1. The fraction of sp³-hybridized carbons (Fsp3) is 0.267. The number of carbonyl (C=O) groups excluding carboxylic acids is 1. The molecule has 0 saturated carbocycles. The number of anilines is 2. The van der Waals surface area contributed by atoms with Crippen molar-refractivity contribution in [3.63, 3.8) is 0 Å². The van der Waals surface area contributed by atoms with E-state index in [0.29, 0.717) is 18.9 Å². The first kappa shape index (κ1) is 17.1. The average Bonchev–Trinajstić information content (AvgIpc) is 2.58. The molecule has 2 aromatic rings. The normalized spacial score (nSPS) is 10.1. The minimum atomic E-state index is -0.533. The molecule has 0 spiro atoms. The van der Waals surface area contributed by atoms with Crippen LogP contribution >= 0.6 is 0 Å². The lowest BCUT2D eigenvalue weighted by Gasteiger charge is -2.13. The van der Waals surface area contributed by atoms with Gasteiger partial charge in [-0.15, -0.1) is 5.10 Å². The Bertz CT molecular complexity index is 735. The summed E-state index contributed by atoms with van der Waals surface area (Å²) in [6.07, 6.45) is 1.65. The number of non-ortho nitro benzene ring substituents is 1. The predicted octanol–water partition coefficient (Wildman–Crippen LogP) is 1.29. The van der Waals surface area contributed by atoms with Gasteiger partial charge < -0.3 is 15.5 Å². The van der Waals surface area contributed by atoms with Gasteiger partial charge >= 0.3 is 0 Å². The van der Waals surface area contributed by atoms with Gasteiger partial charge in [-0.2, -0.15) is 5.10 Å². The van der Waals surface area contributed by atoms with Gasteiger partial charge in [-0.3, -0.25) is 14.9 Å². The molecule has 24 heavy (non-hydrogen) atoms. The van der Waals surface area contributed by atoms with Crippen LogP contribution in [0.25, 0.3) is 0 Å². The van der Waals surface area contributed by atoms with Crippen molar-refractivity contribution in [1.29, 1.82) is 0 Å². The monoisotopic (exact) mass is 330 g/mol. The summed E-state index contributed by atoms with van der Waals surface area (Å²) in [6, 6.07) is 7.44. The van der Waals surface area contributed by atoms with Crippen LogP contribution in [0.15, 0.2) is 36.5 Å². The van der Waals surface area contributed by atoms with Gasteiger partial charge in [0.05, 0.1) is 16.8 Å². The number of amides is 1. The third-order valence-electron chi connectivity index (χ3n) is 3.19. The molecule has 0 bridgehead atoms. The first-order valence-electron chi connectivity index (χ1n) is 7.24. The molecule has 0 radical (unpaired) electrons. The lowest BCUT2D eigenvalue weighted by atomic mass is 10.2. The number of nitro benzene ring substituents is 1. The number of aromatic nitrogens is 2. The molecule has 1 aromatic heterocycles. The van der Waals surface area contributed by atoms with E-state index in [2.05, 4.69) is 20.8 Å². The maximum absolute atomic E-state index is 12.0. The Morgan fingerprint density at radius 2 is 2.08 bits per heavy atom. The van der Waals surface area contributed by atoms with Crippen LogP contribution in [0, 0.1) is 10.1 Å². The van der Waals surface area contributed by atoms with E-state index in [-0.39, 0.29) is 17.2 Å². The number of carbonyl (C=O) groups is 1. The van der Waals surface area contributed by atoms with E-state index in [4.69, 9.17) is 0 Å². The Labute approximate surface area is 138 Å². The predicted molar refractivity (Wildman–Crippen MR) is 90.3 cm³/mol. The van der Waals surface area contributed by atoms with E-state index >= 15 is 0 Å². The standard InChI is InChI=1S/C15H18N6O3/c1-20(2)13-9-14(19-18-10-13)16-6-7-17-15(22)11-4-3-5-12(8-11)21(23)24/h3-5,8-10H,6-7H2,1-2H3,(H,16,19)(H,17,22). The van der Waals surface area contributed by atoms with Crippen molar-refractivity contribution in [2.24, 2.45) is 0 Å². The fourth-order valence-corrected chi connectivity index (χ4v) is 1.92. The lowest BCUT2D eigenvalue weighted by Crippen LogP contribution is -2.29. The molecule has 9 nitrogen and oxygen atoms in total. The third-order valence-corrected chi connectivity index (χ3v) is 3.19. The first-order valence-corrected chi connectivity index (χ1v) is 7.24. The Kier molecular flexibility index (Phi) is 5.61. The topological polar surface area (TPSA) is 113 Å². The van der Waals surface area contributed by atoms with Gasteiger partial charge in [0, 0.05) is 50.9 Å². The summed E-state index contributed by atoms with van der Waals surface area (Å²) in [5.74, 6) is 0.236. The molecule has 0 aliphatic rings. The molecule has 2 N–H and O–H groups in total. The highest BCUT2D eigenvalue weighted by molar-refractivity contribution is 5.94. The van der Waals surface area contributed by atoms with Gasteiger partial charge in [-0.1, -0.05) is 6.07 Å². The molecular weight excluding hydrogens is 312 g/mol. The quantitative estimate of drug-likeness (QED) is 0.447. The van der Waals surface area contributed by atoms with Gasteiger partial charge in [-0.25, -0.2) is 0 Å². The Balaban J connectivity index is 1.84. The van der Waals surface area contributed by atoms with Crippen LogP contribution in [0.1, 0.15) is 10.4 Å². The zero-order chi connectivity index (χ0) is 17.5. The molecule has 0 atom stereocenters.